The Morgan fingerprint density at radius 1 is 1.15 bits per heavy atom. The van der Waals surface area contributed by atoms with Gasteiger partial charge in [-0.15, -0.1) is 13.2 Å². The normalized spacial score (nSPS) is 19.2. The molecule has 1 aromatic rings. The topological polar surface area (TPSA) is 17.1 Å². The number of carbonyl (C=O) groups excluding carboxylic acids is 1. The van der Waals surface area contributed by atoms with E-state index < -0.39 is 0 Å². The first kappa shape index (κ1) is 14.8. The summed E-state index contributed by atoms with van der Waals surface area (Å²) in [6, 6.07) is 7.55. The minimum Gasteiger partial charge on any atom is -0.294 e. The summed E-state index contributed by atoms with van der Waals surface area (Å²) in [5.74, 6) is 0.243. The maximum atomic E-state index is 12.7. The Hall–Kier alpha value is -1.60. The van der Waals surface area contributed by atoms with Crippen molar-refractivity contribution in [3.05, 3.63) is 65.7 Å². The molecule has 0 atom stereocenters. The number of carbonyl (C=O) groups is 1. The van der Waals surface area contributed by atoms with Crippen LogP contribution >= 0.6 is 11.6 Å². The van der Waals surface area contributed by atoms with Gasteiger partial charge in [-0.1, -0.05) is 35.9 Å². The Kier molecular flexibility index (Phi) is 4.61. The summed E-state index contributed by atoms with van der Waals surface area (Å²) >= 11 is 5.87. The monoisotopic (exact) mass is 286 g/mol. The third kappa shape index (κ3) is 2.94. The van der Waals surface area contributed by atoms with Crippen LogP contribution in [0.2, 0.25) is 5.02 Å². The van der Waals surface area contributed by atoms with Crippen LogP contribution in [0, 0.1) is 5.41 Å². The fourth-order valence-electron chi connectivity index (χ4n) is 2.86. The number of hydrogen-bond acceptors (Lipinski definition) is 1. The highest BCUT2D eigenvalue weighted by Crippen LogP contribution is 2.44. The van der Waals surface area contributed by atoms with Crippen LogP contribution < -0.4 is 0 Å². The molecule has 1 saturated carbocycles. The maximum absolute atomic E-state index is 12.7. The van der Waals surface area contributed by atoms with Crippen molar-refractivity contribution < 1.29 is 4.79 Å². The largest absolute Gasteiger partial charge is 0.294 e. The second-order valence-corrected chi connectivity index (χ2v) is 5.75. The fourth-order valence-corrected chi connectivity index (χ4v) is 2.99. The third-order valence-corrected chi connectivity index (χ3v) is 4.18. The zero-order valence-corrected chi connectivity index (χ0v) is 12.3. The van der Waals surface area contributed by atoms with E-state index in [0.29, 0.717) is 5.02 Å². The standard InChI is InChI=1S/C18H19ClO/c1-3-10-18(11-4-2)12-9-15(17(18)20)13-14-5-7-16(19)8-6-14/h3-8,13H,1-2,9-12H2/b15-13+. The molecule has 1 fully saturated rings. The SMILES string of the molecule is C=CCC1(CC=C)CC/C(=C\c2ccc(Cl)cc2)C1=O. The van der Waals surface area contributed by atoms with E-state index in [1.807, 2.05) is 42.5 Å². The van der Waals surface area contributed by atoms with E-state index >= 15 is 0 Å². The lowest BCUT2D eigenvalue weighted by atomic mass is 9.78. The first-order valence-corrected chi connectivity index (χ1v) is 7.22. The zero-order chi connectivity index (χ0) is 14.6. The van der Waals surface area contributed by atoms with Crippen molar-refractivity contribution in [2.45, 2.75) is 25.7 Å². The summed E-state index contributed by atoms with van der Waals surface area (Å²) < 4.78 is 0. The Bertz CT molecular complexity index is 541. The van der Waals surface area contributed by atoms with Crippen molar-refractivity contribution in [1.29, 1.82) is 0 Å². The van der Waals surface area contributed by atoms with Gasteiger partial charge in [-0.2, -0.15) is 0 Å². The number of benzene rings is 1. The van der Waals surface area contributed by atoms with E-state index in [0.717, 1.165) is 36.8 Å². The lowest BCUT2D eigenvalue weighted by Gasteiger charge is -2.23. The Morgan fingerprint density at radius 3 is 2.30 bits per heavy atom. The number of allylic oxidation sites excluding steroid dienone is 3. The lowest BCUT2D eigenvalue weighted by molar-refractivity contribution is -0.122. The Labute approximate surface area is 125 Å². The molecule has 0 aliphatic heterocycles. The lowest BCUT2D eigenvalue weighted by Crippen LogP contribution is -2.24. The minimum absolute atomic E-state index is 0.243. The molecule has 20 heavy (non-hydrogen) atoms. The van der Waals surface area contributed by atoms with Gasteiger partial charge in [0.2, 0.25) is 0 Å². The minimum atomic E-state index is -0.318. The van der Waals surface area contributed by atoms with E-state index in [1.54, 1.807) is 0 Å². The van der Waals surface area contributed by atoms with Gasteiger partial charge in [0, 0.05) is 10.4 Å². The van der Waals surface area contributed by atoms with Crippen LogP contribution in [0.3, 0.4) is 0 Å². The average Bonchev–Trinajstić information content (AvgIpc) is 2.72. The summed E-state index contributed by atoms with van der Waals surface area (Å²) in [4.78, 5) is 12.7. The quantitative estimate of drug-likeness (QED) is 0.535. The first-order valence-electron chi connectivity index (χ1n) is 6.84. The summed E-state index contributed by atoms with van der Waals surface area (Å²) in [6.45, 7) is 7.57. The van der Waals surface area contributed by atoms with Gasteiger partial charge in [0.05, 0.1) is 0 Å². The highest BCUT2D eigenvalue weighted by molar-refractivity contribution is 6.30. The molecule has 0 heterocycles. The van der Waals surface area contributed by atoms with Crippen molar-refractivity contribution in [3.63, 3.8) is 0 Å². The van der Waals surface area contributed by atoms with Crippen molar-refractivity contribution in [3.8, 4) is 0 Å². The van der Waals surface area contributed by atoms with Gasteiger partial charge in [0.25, 0.3) is 0 Å². The molecular weight excluding hydrogens is 268 g/mol. The predicted octanol–water partition coefficient (Wildman–Crippen LogP) is 5.22. The molecule has 0 spiro atoms. The van der Waals surface area contributed by atoms with Crippen molar-refractivity contribution >= 4 is 23.5 Å². The molecule has 0 saturated heterocycles. The van der Waals surface area contributed by atoms with E-state index in [-0.39, 0.29) is 11.2 Å². The molecule has 0 radical (unpaired) electrons. The summed E-state index contributed by atoms with van der Waals surface area (Å²) in [6.07, 6.45) is 8.80. The molecule has 0 aromatic heterocycles. The van der Waals surface area contributed by atoms with Crippen molar-refractivity contribution in [2.75, 3.05) is 0 Å². The number of Topliss-reactive ketones (excluding diaryl/α,β-unsaturated/α-hetero) is 1. The van der Waals surface area contributed by atoms with Gasteiger partial charge < -0.3 is 0 Å². The van der Waals surface area contributed by atoms with Crippen LogP contribution in [0.1, 0.15) is 31.2 Å². The number of rotatable bonds is 5. The van der Waals surface area contributed by atoms with E-state index in [1.165, 1.54) is 0 Å². The van der Waals surface area contributed by atoms with Gasteiger partial charge in [-0.25, -0.2) is 0 Å². The summed E-state index contributed by atoms with van der Waals surface area (Å²) in [5, 5.41) is 0.706. The van der Waals surface area contributed by atoms with Gasteiger partial charge in [-0.05, 0) is 55.0 Å². The molecule has 0 unspecified atom stereocenters. The molecule has 1 aliphatic rings. The van der Waals surface area contributed by atoms with E-state index in [4.69, 9.17) is 11.6 Å². The van der Waals surface area contributed by atoms with Crippen LogP contribution in [0.5, 0.6) is 0 Å². The highest BCUT2D eigenvalue weighted by atomic mass is 35.5. The third-order valence-electron chi connectivity index (χ3n) is 3.93. The van der Waals surface area contributed by atoms with E-state index in [9.17, 15) is 4.79 Å². The first-order chi connectivity index (χ1) is 9.61. The van der Waals surface area contributed by atoms with Gasteiger partial charge in [0.1, 0.15) is 0 Å². The van der Waals surface area contributed by atoms with Crippen molar-refractivity contribution in [2.24, 2.45) is 5.41 Å². The molecule has 2 heteroatoms. The average molecular weight is 287 g/mol. The van der Waals surface area contributed by atoms with Gasteiger partial charge in [0.15, 0.2) is 5.78 Å². The molecule has 0 amide bonds. The zero-order valence-electron chi connectivity index (χ0n) is 11.6. The van der Waals surface area contributed by atoms with E-state index in [2.05, 4.69) is 13.2 Å². The van der Waals surface area contributed by atoms with Gasteiger partial charge in [-0.3, -0.25) is 4.79 Å². The molecule has 1 nitrogen and oxygen atoms in total. The Morgan fingerprint density at radius 2 is 1.75 bits per heavy atom. The molecule has 1 aliphatic carbocycles. The van der Waals surface area contributed by atoms with Gasteiger partial charge >= 0.3 is 0 Å². The number of ketones is 1. The van der Waals surface area contributed by atoms with Crippen LogP contribution in [0.4, 0.5) is 0 Å². The molecule has 2 rings (SSSR count). The highest BCUT2D eigenvalue weighted by Gasteiger charge is 2.42. The Balaban J connectivity index is 2.27. The van der Waals surface area contributed by atoms with Crippen LogP contribution in [-0.2, 0) is 4.79 Å². The molecule has 104 valence electrons. The van der Waals surface area contributed by atoms with Crippen LogP contribution in [0.15, 0.2) is 55.1 Å². The molecule has 0 N–H and O–H groups in total. The second kappa shape index (κ2) is 6.23. The van der Waals surface area contributed by atoms with Crippen LogP contribution in [0.25, 0.3) is 6.08 Å². The molecule has 0 bridgehead atoms. The summed E-state index contributed by atoms with van der Waals surface area (Å²) in [7, 11) is 0. The molecular formula is C18H19ClO. The second-order valence-electron chi connectivity index (χ2n) is 5.32. The van der Waals surface area contributed by atoms with Crippen molar-refractivity contribution in [1.82, 2.24) is 0 Å². The smallest absolute Gasteiger partial charge is 0.165 e. The maximum Gasteiger partial charge on any atom is 0.165 e. The number of halogens is 1. The molecule has 1 aromatic carbocycles. The predicted molar refractivity (Wildman–Crippen MR) is 85.7 cm³/mol. The summed E-state index contributed by atoms with van der Waals surface area (Å²) in [5.41, 5.74) is 1.60. The fraction of sp³-hybridized carbons (Fsp3) is 0.278. The number of hydrogen-bond donors (Lipinski definition) is 0. The van der Waals surface area contributed by atoms with Crippen LogP contribution in [-0.4, -0.2) is 5.78 Å².